The molecule has 0 aromatic heterocycles. The van der Waals surface area contributed by atoms with Crippen LogP contribution in [0.1, 0.15) is 17.5 Å². The number of para-hydroxylation sites is 2. The summed E-state index contributed by atoms with van der Waals surface area (Å²) in [7, 11) is 1.39. The molecule has 1 aliphatic rings. The molecule has 6 nitrogen and oxygen atoms in total. The number of methoxy groups -OCH3 is 1. The van der Waals surface area contributed by atoms with E-state index in [9.17, 15) is 23.1 Å². The summed E-state index contributed by atoms with van der Waals surface area (Å²) in [4.78, 5) is 12.5. The first-order chi connectivity index (χ1) is 13.7. The highest BCUT2D eigenvalue weighted by Crippen LogP contribution is 2.41. The lowest BCUT2D eigenvalue weighted by Crippen LogP contribution is -2.57. The predicted molar refractivity (Wildman–Crippen MR) is 98.7 cm³/mol. The molecule has 0 saturated heterocycles. The maximum Gasteiger partial charge on any atom is 0.438 e. The first kappa shape index (κ1) is 20.7. The average Bonchev–Trinajstić information content (AvgIpc) is 3.06. The van der Waals surface area contributed by atoms with Gasteiger partial charge in [-0.25, -0.2) is 0 Å². The third-order valence-corrected chi connectivity index (χ3v) is 4.48. The summed E-state index contributed by atoms with van der Waals surface area (Å²) < 4.78 is 51.2. The number of benzene rings is 2. The number of hydrazone groups is 1. The van der Waals surface area contributed by atoms with Crippen LogP contribution in [0.4, 0.5) is 13.2 Å². The van der Waals surface area contributed by atoms with Gasteiger partial charge in [0, 0.05) is 0 Å². The molecule has 1 N–H and O–H groups in total. The Balaban J connectivity index is 1.86. The van der Waals surface area contributed by atoms with Crippen LogP contribution < -0.4 is 9.47 Å². The van der Waals surface area contributed by atoms with Gasteiger partial charge in [-0.2, -0.15) is 23.3 Å². The molecule has 0 radical (unpaired) electrons. The van der Waals surface area contributed by atoms with E-state index < -0.39 is 30.8 Å². The molecule has 0 bridgehead atoms. The Morgan fingerprint density at radius 1 is 1.17 bits per heavy atom. The highest BCUT2D eigenvalue weighted by Gasteiger charge is 2.63. The number of aliphatic hydroxyl groups is 1. The van der Waals surface area contributed by atoms with Crippen molar-refractivity contribution in [2.24, 2.45) is 5.10 Å². The van der Waals surface area contributed by atoms with E-state index in [1.54, 1.807) is 42.5 Å². The zero-order chi connectivity index (χ0) is 21.2. The summed E-state index contributed by atoms with van der Waals surface area (Å²) in [6.07, 6.45) is -5.98. The summed E-state index contributed by atoms with van der Waals surface area (Å²) >= 11 is 0. The zero-order valence-electron chi connectivity index (χ0n) is 15.7. The van der Waals surface area contributed by atoms with Crippen molar-refractivity contribution in [2.45, 2.75) is 25.2 Å². The van der Waals surface area contributed by atoms with E-state index >= 15 is 0 Å². The highest BCUT2D eigenvalue weighted by atomic mass is 19.4. The number of alkyl halides is 3. The van der Waals surface area contributed by atoms with Gasteiger partial charge in [-0.1, -0.05) is 42.0 Å². The molecule has 2 aromatic rings. The van der Waals surface area contributed by atoms with Gasteiger partial charge < -0.3 is 14.6 Å². The van der Waals surface area contributed by atoms with Gasteiger partial charge in [-0.05, 0) is 24.6 Å². The second kappa shape index (κ2) is 7.75. The Morgan fingerprint density at radius 3 is 2.38 bits per heavy atom. The van der Waals surface area contributed by atoms with Crippen molar-refractivity contribution in [2.75, 3.05) is 13.7 Å². The minimum absolute atomic E-state index is 0.0459. The number of hydrogen-bond acceptors (Lipinski definition) is 5. The van der Waals surface area contributed by atoms with Crippen LogP contribution in [0.3, 0.4) is 0 Å². The monoisotopic (exact) mass is 408 g/mol. The molecule has 0 spiro atoms. The molecule has 0 aliphatic carbocycles. The fraction of sp³-hybridized carbons (Fsp3) is 0.300. The zero-order valence-corrected chi connectivity index (χ0v) is 15.7. The molecule has 2 aromatic carbocycles. The fourth-order valence-corrected chi connectivity index (χ4v) is 2.87. The number of nitrogens with zero attached hydrogens (tertiary/aromatic N) is 2. The van der Waals surface area contributed by atoms with Crippen molar-refractivity contribution in [3.05, 3.63) is 59.7 Å². The lowest BCUT2D eigenvalue weighted by Gasteiger charge is -2.32. The Hall–Kier alpha value is -3.07. The lowest BCUT2D eigenvalue weighted by molar-refractivity contribution is -0.302. The molecule has 0 fully saturated rings. The minimum Gasteiger partial charge on any atom is -0.493 e. The second-order valence-corrected chi connectivity index (χ2v) is 6.55. The van der Waals surface area contributed by atoms with E-state index in [0.29, 0.717) is 11.3 Å². The fourth-order valence-electron chi connectivity index (χ4n) is 2.87. The van der Waals surface area contributed by atoms with Crippen LogP contribution in [0.2, 0.25) is 0 Å². The number of rotatable bonds is 5. The molecule has 9 heteroatoms. The SMILES string of the molecule is COc1ccccc1OCC(=O)N1N=C(c2ccc(C)cc2)C[C@]1(O)C(F)(F)F. The van der Waals surface area contributed by atoms with Crippen molar-refractivity contribution < 1.29 is 32.5 Å². The third-order valence-electron chi connectivity index (χ3n) is 4.48. The average molecular weight is 408 g/mol. The van der Waals surface area contributed by atoms with E-state index in [-0.39, 0.29) is 16.5 Å². The quantitative estimate of drug-likeness (QED) is 0.825. The molecule has 1 atom stereocenters. The van der Waals surface area contributed by atoms with Crippen LogP contribution in [-0.2, 0) is 4.79 Å². The van der Waals surface area contributed by atoms with Crippen LogP contribution >= 0.6 is 0 Å². The van der Waals surface area contributed by atoms with E-state index in [4.69, 9.17) is 9.47 Å². The molecular weight excluding hydrogens is 389 g/mol. The molecule has 0 unspecified atom stereocenters. The number of aryl methyl sites for hydroxylation is 1. The topological polar surface area (TPSA) is 71.4 Å². The summed E-state index contributed by atoms with van der Waals surface area (Å²) in [6, 6.07) is 13.0. The van der Waals surface area contributed by atoms with Gasteiger partial charge in [-0.3, -0.25) is 4.79 Å². The number of carbonyl (C=O) groups is 1. The summed E-state index contributed by atoms with van der Waals surface area (Å²) in [5.41, 5.74) is -2.19. The van der Waals surface area contributed by atoms with Crippen LogP contribution in [0, 0.1) is 6.92 Å². The molecule has 3 rings (SSSR count). The van der Waals surface area contributed by atoms with Gasteiger partial charge in [0.2, 0.25) is 0 Å². The predicted octanol–water partition coefficient (Wildman–Crippen LogP) is 3.27. The second-order valence-electron chi connectivity index (χ2n) is 6.55. The van der Waals surface area contributed by atoms with Gasteiger partial charge in [0.15, 0.2) is 18.1 Å². The Labute approximate surface area is 165 Å². The summed E-state index contributed by atoms with van der Waals surface area (Å²) in [6.45, 7) is 1.07. The number of amides is 1. The highest BCUT2D eigenvalue weighted by molar-refractivity contribution is 6.03. The number of ether oxygens (including phenoxy) is 2. The summed E-state index contributed by atoms with van der Waals surface area (Å²) in [5.74, 6) is -0.643. The first-order valence-electron chi connectivity index (χ1n) is 8.68. The largest absolute Gasteiger partial charge is 0.493 e. The van der Waals surface area contributed by atoms with Gasteiger partial charge in [0.05, 0.1) is 19.2 Å². The van der Waals surface area contributed by atoms with E-state index in [1.165, 1.54) is 13.2 Å². The maximum atomic E-state index is 13.6. The van der Waals surface area contributed by atoms with Crippen molar-refractivity contribution in [1.29, 1.82) is 0 Å². The molecule has 29 heavy (non-hydrogen) atoms. The van der Waals surface area contributed by atoms with Crippen LogP contribution in [0.5, 0.6) is 11.5 Å². The Morgan fingerprint density at radius 2 is 1.79 bits per heavy atom. The molecule has 1 aliphatic heterocycles. The smallest absolute Gasteiger partial charge is 0.438 e. The van der Waals surface area contributed by atoms with Gasteiger partial charge >= 0.3 is 6.18 Å². The van der Waals surface area contributed by atoms with Crippen LogP contribution in [-0.4, -0.2) is 47.4 Å². The summed E-state index contributed by atoms with van der Waals surface area (Å²) in [5, 5.41) is 14.2. The lowest BCUT2D eigenvalue weighted by atomic mass is 10.00. The maximum absolute atomic E-state index is 13.6. The molecule has 154 valence electrons. The standard InChI is InChI=1S/C20H19F3N2O4/c1-13-7-9-14(10-8-13)15-11-19(27,20(21,22)23)25(24-15)18(26)12-29-17-6-4-3-5-16(17)28-2/h3-10,27H,11-12H2,1-2H3/t19-/m0/s1. The van der Waals surface area contributed by atoms with Crippen molar-refractivity contribution in [1.82, 2.24) is 5.01 Å². The van der Waals surface area contributed by atoms with Crippen molar-refractivity contribution >= 4 is 11.6 Å². The third kappa shape index (κ3) is 4.04. The van der Waals surface area contributed by atoms with E-state index in [1.807, 2.05) is 6.92 Å². The normalized spacial score (nSPS) is 19.1. The Kier molecular flexibility index (Phi) is 5.52. The van der Waals surface area contributed by atoms with Crippen molar-refractivity contribution in [3.63, 3.8) is 0 Å². The van der Waals surface area contributed by atoms with Crippen molar-refractivity contribution in [3.8, 4) is 11.5 Å². The molecule has 1 amide bonds. The van der Waals surface area contributed by atoms with Crippen LogP contribution in [0.25, 0.3) is 0 Å². The minimum atomic E-state index is -5.11. The number of carbonyl (C=O) groups excluding carboxylic acids is 1. The molecule has 1 heterocycles. The number of hydrogen-bond donors (Lipinski definition) is 1. The van der Waals surface area contributed by atoms with Crippen LogP contribution in [0.15, 0.2) is 53.6 Å². The van der Waals surface area contributed by atoms with Gasteiger partial charge in [-0.15, -0.1) is 0 Å². The molecular formula is C20H19F3N2O4. The van der Waals surface area contributed by atoms with E-state index in [2.05, 4.69) is 5.10 Å². The molecule has 0 saturated carbocycles. The van der Waals surface area contributed by atoms with Gasteiger partial charge in [0.1, 0.15) is 0 Å². The first-order valence-corrected chi connectivity index (χ1v) is 8.68. The van der Waals surface area contributed by atoms with E-state index in [0.717, 1.165) is 5.56 Å². The van der Waals surface area contributed by atoms with Gasteiger partial charge in [0.25, 0.3) is 11.6 Å². The Bertz CT molecular complexity index is 928. The number of halogens is 3.